The molecule has 1 atom stereocenters. The van der Waals surface area contributed by atoms with E-state index in [0.717, 1.165) is 4.47 Å². The molecule has 28 heavy (non-hydrogen) atoms. The van der Waals surface area contributed by atoms with Gasteiger partial charge in [0.05, 0.1) is 42.1 Å². The largest absolute Gasteiger partial charge is 0.467 e. The smallest absolute Gasteiger partial charge is 0.262 e. The van der Waals surface area contributed by atoms with E-state index in [1.54, 1.807) is 49.1 Å². The summed E-state index contributed by atoms with van der Waals surface area (Å²) in [5.41, 5.74) is 0.432. The lowest BCUT2D eigenvalue weighted by Crippen LogP contribution is -2.32. The first-order chi connectivity index (χ1) is 13.5. The number of hydrogen-bond acceptors (Lipinski definition) is 6. The molecule has 2 aromatic heterocycles. The van der Waals surface area contributed by atoms with Crippen molar-refractivity contribution in [2.75, 3.05) is 13.7 Å². The quantitative estimate of drug-likeness (QED) is 0.406. The standard InChI is InChI=1S/C19H20BrN3O4S/c1-12(17(24)21-11-14-4-3-8-27-14)28-19-22-16-6-5-13(20)10-15(16)18(25)23(19)7-9-26-2/h3-6,8,10,12H,7,9,11H2,1-2H3,(H,21,24). The van der Waals surface area contributed by atoms with Crippen molar-refractivity contribution in [3.05, 3.63) is 57.2 Å². The van der Waals surface area contributed by atoms with Crippen molar-refractivity contribution in [3.63, 3.8) is 0 Å². The Bertz CT molecular complexity index is 1020. The maximum atomic E-state index is 13.0. The van der Waals surface area contributed by atoms with Gasteiger partial charge in [-0.25, -0.2) is 4.98 Å². The van der Waals surface area contributed by atoms with Gasteiger partial charge in [-0.15, -0.1) is 0 Å². The monoisotopic (exact) mass is 465 g/mol. The summed E-state index contributed by atoms with van der Waals surface area (Å²) < 4.78 is 12.7. The van der Waals surface area contributed by atoms with Gasteiger partial charge in [-0.1, -0.05) is 27.7 Å². The number of methoxy groups -OCH3 is 1. The molecule has 0 aliphatic carbocycles. The summed E-state index contributed by atoms with van der Waals surface area (Å²) in [7, 11) is 1.58. The zero-order valence-corrected chi connectivity index (χ0v) is 17.9. The van der Waals surface area contributed by atoms with Crippen LogP contribution < -0.4 is 10.9 Å². The zero-order valence-electron chi connectivity index (χ0n) is 15.5. The number of furan rings is 1. The maximum absolute atomic E-state index is 13.0. The predicted octanol–water partition coefficient (Wildman–Crippen LogP) is 3.20. The van der Waals surface area contributed by atoms with Crippen LogP contribution in [0.25, 0.3) is 10.9 Å². The van der Waals surface area contributed by atoms with Gasteiger partial charge in [-0.2, -0.15) is 0 Å². The summed E-state index contributed by atoms with van der Waals surface area (Å²) >= 11 is 4.63. The number of thioether (sulfide) groups is 1. The maximum Gasteiger partial charge on any atom is 0.262 e. The van der Waals surface area contributed by atoms with Crippen LogP contribution in [-0.4, -0.2) is 34.4 Å². The lowest BCUT2D eigenvalue weighted by Gasteiger charge is -2.16. The molecule has 3 rings (SSSR count). The number of nitrogens with zero attached hydrogens (tertiary/aromatic N) is 2. The Hall–Kier alpha value is -2.10. The number of amides is 1. The number of benzene rings is 1. The minimum absolute atomic E-state index is 0.158. The number of ether oxygens (including phenoxy) is 1. The van der Waals surface area contributed by atoms with Crippen LogP contribution >= 0.6 is 27.7 Å². The third-order valence-electron chi connectivity index (χ3n) is 4.07. The molecule has 0 spiro atoms. The molecule has 0 bridgehead atoms. The van der Waals surface area contributed by atoms with Crippen LogP contribution in [0.1, 0.15) is 12.7 Å². The highest BCUT2D eigenvalue weighted by atomic mass is 79.9. The summed E-state index contributed by atoms with van der Waals surface area (Å²) in [5, 5.41) is 3.39. The Kier molecular flexibility index (Phi) is 6.93. The van der Waals surface area contributed by atoms with Gasteiger partial charge in [0.15, 0.2) is 5.16 Å². The number of carbonyl (C=O) groups is 1. The molecule has 1 amide bonds. The van der Waals surface area contributed by atoms with Gasteiger partial charge in [-0.05, 0) is 37.3 Å². The number of aromatic nitrogens is 2. The van der Waals surface area contributed by atoms with Crippen LogP contribution in [-0.2, 0) is 22.6 Å². The van der Waals surface area contributed by atoms with Crippen molar-refractivity contribution in [2.45, 2.75) is 30.4 Å². The normalized spacial score (nSPS) is 12.2. The summed E-state index contributed by atoms with van der Waals surface area (Å²) in [6, 6.07) is 8.94. The van der Waals surface area contributed by atoms with Crippen LogP contribution in [0.2, 0.25) is 0 Å². The molecule has 1 N–H and O–H groups in total. The third-order valence-corrected chi connectivity index (χ3v) is 5.65. The van der Waals surface area contributed by atoms with E-state index in [-0.39, 0.29) is 11.5 Å². The van der Waals surface area contributed by atoms with Crippen LogP contribution in [0.5, 0.6) is 0 Å². The molecule has 3 aromatic rings. The van der Waals surface area contributed by atoms with Crippen molar-refractivity contribution < 1.29 is 13.9 Å². The fraction of sp³-hybridized carbons (Fsp3) is 0.316. The van der Waals surface area contributed by atoms with Crippen molar-refractivity contribution in [1.82, 2.24) is 14.9 Å². The molecular weight excluding hydrogens is 446 g/mol. The van der Waals surface area contributed by atoms with Crippen molar-refractivity contribution in [2.24, 2.45) is 0 Å². The molecule has 0 fully saturated rings. The third kappa shape index (κ3) is 4.84. The van der Waals surface area contributed by atoms with Gasteiger partial charge >= 0.3 is 0 Å². The molecule has 0 saturated heterocycles. The van der Waals surface area contributed by atoms with E-state index in [4.69, 9.17) is 9.15 Å². The summed E-state index contributed by atoms with van der Waals surface area (Å²) in [6.45, 7) is 2.81. The Morgan fingerprint density at radius 1 is 1.43 bits per heavy atom. The Morgan fingerprint density at radius 3 is 2.96 bits per heavy atom. The van der Waals surface area contributed by atoms with Crippen molar-refractivity contribution in [3.8, 4) is 0 Å². The lowest BCUT2D eigenvalue weighted by molar-refractivity contribution is -0.120. The number of nitrogens with one attached hydrogen (secondary N) is 1. The van der Waals surface area contributed by atoms with Gasteiger partial charge in [-0.3, -0.25) is 14.2 Å². The van der Waals surface area contributed by atoms with Gasteiger partial charge < -0.3 is 14.5 Å². The molecule has 0 aliphatic rings. The highest BCUT2D eigenvalue weighted by molar-refractivity contribution is 9.10. The summed E-state index contributed by atoms with van der Waals surface area (Å²) in [6.07, 6.45) is 1.56. The summed E-state index contributed by atoms with van der Waals surface area (Å²) in [5.74, 6) is 0.516. The van der Waals surface area contributed by atoms with Crippen LogP contribution in [0.3, 0.4) is 0 Å². The predicted molar refractivity (Wildman–Crippen MR) is 111 cm³/mol. The first-order valence-electron chi connectivity index (χ1n) is 8.65. The first kappa shape index (κ1) is 20.6. The molecule has 0 saturated carbocycles. The van der Waals surface area contributed by atoms with Crippen LogP contribution in [0, 0.1) is 0 Å². The van der Waals surface area contributed by atoms with Gasteiger partial charge in [0.25, 0.3) is 5.56 Å². The summed E-state index contributed by atoms with van der Waals surface area (Å²) in [4.78, 5) is 30.0. The molecule has 0 aliphatic heterocycles. The number of rotatable bonds is 8. The molecule has 2 heterocycles. The Balaban J connectivity index is 1.84. The number of carbonyl (C=O) groups excluding carboxylic acids is 1. The minimum Gasteiger partial charge on any atom is -0.467 e. The lowest BCUT2D eigenvalue weighted by atomic mass is 10.2. The second kappa shape index (κ2) is 9.40. The Morgan fingerprint density at radius 2 is 2.25 bits per heavy atom. The highest BCUT2D eigenvalue weighted by Crippen LogP contribution is 2.24. The van der Waals surface area contributed by atoms with E-state index in [2.05, 4.69) is 26.2 Å². The molecular formula is C19H20BrN3O4S. The molecule has 7 nitrogen and oxygen atoms in total. The van der Waals surface area contributed by atoms with Crippen molar-refractivity contribution in [1.29, 1.82) is 0 Å². The molecule has 0 radical (unpaired) electrons. The number of halogens is 1. The fourth-order valence-corrected chi connectivity index (χ4v) is 3.91. The molecule has 1 unspecified atom stereocenters. The minimum atomic E-state index is -0.441. The van der Waals surface area contributed by atoms with E-state index in [9.17, 15) is 9.59 Å². The fourth-order valence-electron chi connectivity index (χ4n) is 2.59. The highest BCUT2D eigenvalue weighted by Gasteiger charge is 2.19. The van der Waals surface area contributed by atoms with E-state index < -0.39 is 5.25 Å². The topological polar surface area (TPSA) is 86.4 Å². The van der Waals surface area contributed by atoms with E-state index >= 15 is 0 Å². The van der Waals surface area contributed by atoms with Crippen LogP contribution in [0.15, 0.2) is 55.4 Å². The number of fused-ring (bicyclic) bond motifs is 1. The molecule has 1 aromatic carbocycles. The second-order valence-corrected chi connectivity index (χ2v) is 8.29. The van der Waals surface area contributed by atoms with Gasteiger partial charge in [0.1, 0.15) is 5.76 Å². The Labute approximate surface area is 174 Å². The first-order valence-corrected chi connectivity index (χ1v) is 10.3. The molecule has 148 valence electrons. The van der Waals surface area contributed by atoms with E-state index in [0.29, 0.717) is 41.5 Å². The average molecular weight is 466 g/mol. The molecule has 9 heteroatoms. The van der Waals surface area contributed by atoms with E-state index in [1.165, 1.54) is 11.8 Å². The average Bonchev–Trinajstić information content (AvgIpc) is 3.20. The van der Waals surface area contributed by atoms with Crippen molar-refractivity contribution >= 4 is 44.5 Å². The van der Waals surface area contributed by atoms with Gasteiger partial charge in [0, 0.05) is 11.6 Å². The van der Waals surface area contributed by atoms with Gasteiger partial charge in [0.2, 0.25) is 5.91 Å². The SMILES string of the molecule is COCCn1c(SC(C)C(=O)NCc2ccco2)nc2ccc(Br)cc2c1=O. The van der Waals surface area contributed by atoms with Crippen LogP contribution in [0.4, 0.5) is 0 Å². The number of hydrogen-bond donors (Lipinski definition) is 1. The second-order valence-electron chi connectivity index (χ2n) is 6.06. The zero-order chi connectivity index (χ0) is 20.1. The van der Waals surface area contributed by atoms with E-state index in [1.807, 2.05) is 6.07 Å².